The lowest BCUT2D eigenvalue weighted by Crippen LogP contribution is -2.15. The van der Waals surface area contributed by atoms with Crippen LogP contribution in [0.5, 0.6) is 0 Å². The number of hydrogen-bond acceptors (Lipinski definition) is 2. The molecule has 3 aromatic heterocycles. The van der Waals surface area contributed by atoms with Gasteiger partial charge in [0, 0.05) is 32.5 Å². The van der Waals surface area contributed by atoms with Crippen molar-refractivity contribution in [3.8, 4) is 39.3 Å². The largest absolute Gasteiger partial charge is 0.456 e. The molecule has 0 fully saturated rings. The number of rotatable bonds is 3. The maximum atomic E-state index is 6.30. The molecule has 6 aromatic carbocycles. The second kappa shape index (κ2) is 9.54. The standard InChI is InChI=1S/C44H30N2O/c1-44(2)35-19-9-6-15-29(35)33-25-34-30-16-7-10-20-38(30)46(39(34)26-36(33)44)42-24-28(27-13-4-3-5-14-27)23-37(45-42)31-18-12-22-41-43(31)32-17-8-11-21-40(32)47-41/h3-26H,1-2H3. The van der Waals surface area contributed by atoms with Crippen LogP contribution in [0, 0.1) is 0 Å². The van der Waals surface area contributed by atoms with Crippen LogP contribution < -0.4 is 0 Å². The summed E-state index contributed by atoms with van der Waals surface area (Å²) in [6.45, 7) is 4.69. The van der Waals surface area contributed by atoms with E-state index in [0.29, 0.717) is 0 Å². The van der Waals surface area contributed by atoms with Crippen LogP contribution in [0.4, 0.5) is 0 Å². The molecule has 0 atom stereocenters. The smallest absolute Gasteiger partial charge is 0.138 e. The average Bonchev–Trinajstić information content (AvgIpc) is 3.73. The van der Waals surface area contributed by atoms with Gasteiger partial charge in [-0.3, -0.25) is 4.57 Å². The molecule has 0 amide bonds. The third kappa shape index (κ3) is 3.71. The maximum Gasteiger partial charge on any atom is 0.138 e. The highest BCUT2D eigenvalue weighted by molar-refractivity contribution is 6.13. The first-order valence-corrected chi connectivity index (χ1v) is 16.2. The maximum absolute atomic E-state index is 6.30. The molecule has 3 heteroatoms. The third-order valence-corrected chi connectivity index (χ3v) is 10.2. The lowest BCUT2D eigenvalue weighted by atomic mass is 9.82. The SMILES string of the molecule is CC1(C)c2ccccc2-c2cc3c4ccccc4n(-c4cc(-c5ccccc5)cc(-c5cccc6oc7ccccc7c56)n4)c3cc21. The molecule has 47 heavy (non-hydrogen) atoms. The van der Waals surface area contributed by atoms with Crippen LogP contribution in [0.2, 0.25) is 0 Å². The fraction of sp³-hybridized carbons (Fsp3) is 0.0682. The molecule has 10 rings (SSSR count). The zero-order valence-corrected chi connectivity index (χ0v) is 26.2. The van der Waals surface area contributed by atoms with Crippen molar-refractivity contribution in [3.05, 3.63) is 157 Å². The fourth-order valence-electron chi connectivity index (χ4n) is 7.96. The zero-order valence-electron chi connectivity index (χ0n) is 26.2. The first kappa shape index (κ1) is 26.3. The lowest BCUT2D eigenvalue weighted by molar-refractivity contribution is 0.661. The molecule has 1 aliphatic rings. The van der Waals surface area contributed by atoms with Gasteiger partial charge in [-0.05, 0) is 75.8 Å². The van der Waals surface area contributed by atoms with Gasteiger partial charge >= 0.3 is 0 Å². The summed E-state index contributed by atoms with van der Waals surface area (Å²) in [4.78, 5) is 5.50. The Morgan fingerprint density at radius 1 is 0.511 bits per heavy atom. The summed E-state index contributed by atoms with van der Waals surface area (Å²) < 4.78 is 8.67. The summed E-state index contributed by atoms with van der Waals surface area (Å²) in [5.74, 6) is 0.894. The topological polar surface area (TPSA) is 31.0 Å². The molecule has 3 nitrogen and oxygen atoms in total. The minimum absolute atomic E-state index is 0.107. The molecule has 1 aliphatic carbocycles. The molecule has 0 spiro atoms. The predicted molar refractivity (Wildman–Crippen MR) is 194 cm³/mol. The highest BCUT2D eigenvalue weighted by Gasteiger charge is 2.36. The third-order valence-electron chi connectivity index (χ3n) is 10.2. The van der Waals surface area contributed by atoms with E-state index in [1.54, 1.807) is 0 Å². The van der Waals surface area contributed by atoms with E-state index in [1.807, 2.05) is 18.2 Å². The Morgan fingerprint density at radius 2 is 1.23 bits per heavy atom. The predicted octanol–water partition coefficient (Wildman–Crippen LogP) is 11.7. The normalized spacial score (nSPS) is 13.5. The Kier molecular flexibility index (Phi) is 5.34. The van der Waals surface area contributed by atoms with E-state index in [4.69, 9.17) is 9.40 Å². The first-order chi connectivity index (χ1) is 23.1. The second-order valence-electron chi connectivity index (χ2n) is 13.2. The average molecular weight is 603 g/mol. The monoisotopic (exact) mass is 602 g/mol. The number of fused-ring (bicyclic) bond motifs is 9. The summed E-state index contributed by atoms with van der Waals surface area (Å²) in [7, 11) is 0. The minimum Gasteiger partial charge on any atom is -0.456 e. The van der Waals surface area contributed by atoms with Crippen LogP contribution in [-0.2, 0) is 5.41 Å². The zero-order chi connectivity index (χ0) is 31.3. The van der Waals surface area contributed by atoms with E-state index < -0.39 is 0 Å². The second-order valence-corrected chi connectivity index (χ2v) is 13.2. The molecule has 0 bridgehead atoms. The van der Waals surface area contributed by atoms with Crippen LogP contribution in [0.1, 0.15) is 25.0 Å². The van der Waals surface area contributed by atoms with Crippen molar-refractivity contribution >= 4 is 43.7 Å². The molecule has 0 saturated carbocycles. The fourth-order valence-corrected chi connectivity index (χ4v) is 7.96. The van der Waals surface area contributed by atoms with Crippen molar-refractivity contribution in [2.24, 2.45) is 0 Å². The van der Waals surface area contributed by atoms with Gasteiger partial charge in [0.25, 0.3) is 0 Å². The van der Waals surface area contributed by atoms with Crippen molar-refractivity contribution in [1.29, 1.82) is 0 Å². The van der Waals surface area contributed by atoms with E-state index in [-0.39, 0.29) is 5.41 Å². The summed E-state index contributed by atoms with van der Waals surface area (Å²) in [5.41, 5.74) is 13.6. The van der Waals surface area contributed by atoms with Crippen LogP contribution in [0.25, 0.3) is 83.1 Å². The van der Waals surface area contributed by atoms with Gasteiger partial charge in [-0.2, -0.15) is 0 Å². The molecule has 9 aromatic rings. The summed E-state index contributed by atoms with van der Waals surface area (Å²) in [6, 6.07) is 52.1. The quantitative estimate of drug-likeness (QED) is 0.201. The molecule has 0 radical (unpaired) electrons. The first-order valence-electron chi connectivity index (χ1n) is 16.2. The number of pyridine rings is 1. The number of benzene rings is 6. The Labute approximate surface area is 272 Å². The molecular weight excluding hydrogens is 572 g/mol. The van der Waals surface area contributed by atoms with E-state index in [9.17, 15) is 0 Å². The Bertz CT molecular complexity index is 2710. The molecule has 0 aliphatic heterocycles. The number of nitrogens with zero attached hydrogens (tertiary/aromatic N) is 2. The Hall–Kier alpha value is -5.93. The van der Waals surface area contributed by atoms with Crippen molar-refractivity contribution in [1.82, 2.24) is 9.55 Å². The van der Waals surface area contributed by atoms with Gasteiger partial charge in [0.1, 0.15) is 17.0 Å². The summed E-state index contributed by atoms with van der Waals surface area (Å²) in [6.07, 6.45) is 0. The van der Waals surface area contributed by atoms with Gasteiger partial charge < -0.3 is 4.42 Å². The van der Waals surface area contributed by atoms with Gasteiger partial charge in [-0.1, -0.05) is 117 Å². The van der Waals surface area contributed by atoms with Gasteiger partial charge in [-0.15, -0.1) is 0 Å². The van der Waals surface area contributed by atoms with E-state index in [2.05, 4.69) is 146 Å². The minimum atomic E-state index is -0.107. The number of aromatic nitrogens is 2. The molecular formula is C44H30N2O. The number of para-hydroxylation sites is 2. The van der Waals surface area contributed by atoms with E-state index >= 15 is 0 Å². The van der Waals surface area contributed by atoms with Crippen LogP contribution in [0.3, 0.4) is 0 Å². The van der Waals surface area contributed by atoms with Gasteiger partial charge in [0.2, 0.25) is 0 Å². The van der Waals surface area contributed by atoms with Crippen LogP contribution in [-0.4, -0.2) is 9.55 Å². The number of hydrogen-bond donors (Lipinski definition) is 0. The van der Waals surface area contributed by atoms with Crippen molar-refractivity contribution in [2.45, 2.75) is 19.3 Å². The Balaban J connectivity index is 1.30. The molecule has 0 N–H and O–H groups in total. The van der Waals surface area contributed by atoms with Crippen LogP contribution >= 0.6 is 0 Å². The molecule has 3 heterocycles. The molecule has 0 saturated heterocycles. The van der Waals surface area contributed by atoms with Crippen LogP contribution in [0.15, 0.2) is 150 Å². The molecule has 222 valence electrons. The van der Waals surface area contributed by atoms with E-state index in [0.717, 1.165) is 55.7 Å². The Morgan fingerprint density at radius 3 is 2.13 bits per heavy atom. The van der Waals surface area contributed by atoms with Gasteiger partial charge in [0.05, 0.1) is 16.7 Å². The number of furan rings is 1. The molecule has 0 unspecified atom stereocenters. The summed E-state index contributed by atoms with van der Waals surface area (Å²) >= 11 is 0. The van der Waals surface area contributed by atoms with E-state index in [1.165, 1.54) is 38.5 Å². The van der Waals surface area contributed by atoms with Crippen molar-refractivity contribution < 1.29 is 4.42 Å². The van der Waals surface area contributed by atoms with Gasteiger partial charge in [0.15, 0.2) is 0 Å². The van der Waals surface area contributed by atoms with Crippen molar-refractivity contribution in [3.63, 3.8) is 0 Å². The van der Waals surface area contributed by atoms with Gasteiger partial charge in [-0.25, -0.2) is 4.98 Å². The highest BCUT2D eigenvalue weighted by Crippen LogP contribution is 2.51. The van der Waals surface area contributed by atoms with Crippen molar-refractivity contribution in [2.75, 3.05) is 0 Å². The lowest BCUT2D eigenvalue weighted by Gasteiger charge is -2.21. The summed E-state index contributed by atoms with van der Waals surface area (Å²) in [5, 5.41) is 4.65. The highest BCUT2D eigenvalue weighted by atomic mass is 16.3.